The summed E-state index contributed by atoms with van der Waals surface area (Å²) in [4.78, 5) is 30.9. The Morgan fingerprint density at radius 1 is 1.03 bits per heavy atom. The fourth-order valence-electron chi connectivity index (χ4n) is 5.82. The van der Waals surface area contributed by atoms with Crippen molar-refractivity contribution < 1.29 is 14.0 Å². The minimum atomic E-state index is -0.319. The van der Waals surface area contributed by atoms with Crippen LogP contribution in [-0.2, 0) is 16.0 Å². The number of benzene rings is 2. The van der Waals surface area contributed by atoms with E-state index in [4.69, 9.17) is 0 Å². The van der Waals surface area contributed by atoms with Gasteiger partial charge in [-0.05, 0) is 62.1 Å². The van der Waals surface area contributed by atoms with Gasteiger partial charge in [-0.3, -0.25) is 9.59 Å². The van der Waals surface area contributed by atoms with E-state index in [2.05, 4.69) is 35.2 Å². The van der Waals surface area contributed by atoms with Gasteiger partial charge in [-0.15, -0.1) is 11.8 Å². The minimum Gasteiger partial charge on any atom is -0.342 e. The lowest BCUT2D eigenvalue weighted by molar-refractivity contribution is -0.140. The Morgan fingerprint density at radius 2 is 1.74 bits per heavy atom. The molecule has 1 aliphatic carbocycles. The second-order valence-corrected chi connectivity index (χ2v) is 11.4. The van der Waals surface area contributed by atoms with Gasteiger partial charge in [0.25, 0.3) is 5.91 Å². The van der Waals surface area contributed by atoms with Crippen LogP contribution in [0.15, 0.2) is 59.5 Å². The van der Waals surface area contributed by atoms with Crippen LogP contribution in [-0.4, -0.2) is 53.0 Å². The number of carbonyl (C=O) groups is 2. The molecule has 3 unspecified atom stereocenters. The predicted molar refractivity (Wildman–Crippen MR) is 139 cm³/mol. The molecular weight excluding hydrogens is 459 g/mol. The Hall–Kier alpha value is -2.60. The summed E-state index contributed by atoms with van der Waals surface area (Å²) in [6, 6.07) is 17.2. The first-order valence-corrected chi connectivity index (χ1v) is 13.6. The van der Waals surface area contributed by atoms with Gasteiger partial charge in [0.05, 0.1) is 4.91 Å². The summed E-state index contributed by atoms with van der Waals surface area (Å²) in [7, 11) is 1.83. The Balaban J connectivity index is 1.18. The number of likely N-dealkylation sites (tertiary alicyclic amines) is 1. The number of piperidine rings is 1. The summed E-state index contributed by atoms with van der Waals surface area (Å²) in [5, 5.41) is 0.247. The summed E-state index contributed by atoms with van der Waals surface area (Å²) >= 11 is 1.56. The quantitative estimate of drug-likeness (QED) is 0.538. The Kier molecular flexibility index (Phi) is 7.28. The molecule has 3 aliphatic rings. The second-order valence-electron chi connectivity index (χ2n) is 10.1. The van der Waals surface area contributed by atoms with E-state index in [1.165, 1.54) is 11.6 Å². The maximum Gasteiger partial charge on any atom is 0.260 e. The molecule has 3 atom stereocenters. The molecule has 0 spiro atoms. The van der Waals surface area contributed by atoms with Gasteiger partial charge >= 0.3 is 0 Å². The van der Waals surface area contributed by atoms with E-state index in [1.54, 1.807) is 40.9 Å². The summed E-state index contributed by atoms with van der Waals surface area (Å²) in [6.45, 7) is 1.67. The van der Waals surface area contributed by atoms with Crippen LogP contribution in [0.1, 0.15) is 43.2 Å². The average molecular weight is 493 g/mol. The van der Waals surface area contributed by atoms with E-state index < -0.39 is 0 Å². The molecule has 35 heavy (non-hydrogen) atoms. The molecule has 2 saturated heterocycles. The number of hydrogen-bond donors (Lipinski definition) is 0. The minimum absolute atomic E-state index is 0.0186. The van der Waals surface area contributed by atoms with Crippen molar-refractivity contribution in [2.75, 3.05) is 20.1 Å². The van der Waals surface area contributed by atoms with Crippen LogP contribution < -0.4 is 0 Å². The SMILES string of the molecule is CN1C(=O)/C(=C/c2ccccc2F)SC2CCC(C(=O)N3CCC(Cc4ccccc4)CC3)CC21. The van der Waals surface area contributed by atoms with Crippen molar-refractivity contribution in [2.24, 2.45) is 11.8 Å². The fraction of sp³-hybridized carbons (Fsp3) is 0.448. The molecular formula is C29H33FN2O2S. The van der Waals surface area contributed by atoms with Crippen LogP contribution in [0, 0.1) is 17.7 Å². The van der Waals surface area contributed by atoms with Gasteiger partial charge in [0.1, 0.15) is 5.82 Å². The zero-order valence-electron chi connectivity index (χ0n) is 20.2. The molecule has 2 heterocycles. The van der Waals surface area contributed by atoms with Gasteiger partial charge in [0.2, 0.25) is 5.91 Å². The highest BCUT2D eigenvalue weighted by Crippen LogP contribution is 2.44. The third-order valence-corrected chi connectivity index (χ3v) is 9.30. The number of amides is 2. The lowest BCUT2D eigenvalue weighted by Crippen LogP contribution is -2.53. The van der Waals surface area contributed by atoms with Crippen LogP contribution in [0.5, 0.6) is 0 Å². The molecule has 184 valence electrons. The Labute approximate surface area is 211 Å². The number of halogens is 1. The van der Waals surface area contributed by atoms with Crippen molar-refractivity contribution in [3.05, 3.63) is 76.4 Å². The lowest BCUT2D eigenvalue weighted by atomic mass is 9.82. The molecule has 0 bridgehead atoms. The first-order valence-electron chi connectivity index (χ1n) is 12.7. The van der Waals surface area contributed by atoms with E-state index in [9.17, 15) is 14.0 Å². The normalized spacial score (nSPS) is 26.6. The number of fused-ring (bicyclic) bond motifs is 1. The van der Waals surface area contributed by atoms with E-state index in [0.29, 0.717) is 16.4 Å². The molecule has 1 saturated carbocycles. The molecule has 4 nitrogen and oxygen atoms in total. The maximum atomic E-state index is 14.1. The van der Waals surface area contributed by atoms with Crippen molar-refractivity contribution in [3.8, 4) is 0 Å². The molecule has 2 amide bonds. The topological polar surface area (TPSA) is 40.6 Å². The number of likely N-dealkylation sites (N-methyl/N-ethyl adjacent to an activating group) is 1. The number of rotatable bonds is 4. The van der Waals surface area contributed by atoms with Crippen molar-refractivity contribution in [3.63, 3.8) is 0 Å². The van der Waals surface area contributed by atoms with Gasteiger partial charge in [0.15, 0.2) is 0 Å². The summed E-state index contributed by atoms with van der Waals surface area (Å²) in [5.74, 6) is 0.486. The molecule has 0 radical (unpaired) electrons. The molecule has 0 N–H and O–H groups in total. The number of carbonyl (C=O) groups excluding carboxylic acids is 2. The van der Waals surface area contributed by atoms with Gasteiger partial charge in [0, 0.05) is 42.9 Å². The van der Waals surface area contributed by atoms with Crippen LogP contribution in [0.2, 0.25) is 0 Å². The standard InChI is InChI=1S/C29H33FN2O2S/c1-31-25-18-23(28(33)32-15-13-21(14-16-32)17-20-7-3-2-4-8-20)11-12-26(25)35-27(29(31)34)19-22-9-5-6-10-24(22)30/h2-10,19,21,23,25-26H,11-18H2,1H3/b27-19-. The summed E-state index contributed by atoms with van der Waals surface area (Å²) in [6.07, 6.45) is 7.33. The molecule has 5 rings (SSSR count). The third kappa shape index (κ3) is 5.32. The highest BCUT2D eigenvalue weighted by Gasteiger charge is 2.43. The fourth-order valence-corrected chi connectivity index (χ4v) is 7.29. The zero-order valence-corrected chi connectivity index (χ0v) is 21.1. The third-order valence-electron chi connectivity index (χ3n) is 7.90. The number of hydrogen-bond acceptors (Lipinski definition) is 3. The van der Waals surface area contributed by atoms with Crippen LogP contribution in [0.25, 0.3) is 6.08 Å². The lowest BCUT2D eigenvalue weighted by Gasteiger charge is -2.45. The van der Waals surface area contributed by atoms with Crippen LogP contribution >= 0.6 is 11.8 Å². The van der Waals surface area contributed by atoms with E-state index in [0.717, 1.165) is 51.6 Å². The van der Waals surface area contributed by atoms with E-state index in [-0.39, 0.29) is 34.8 Å². The molecule has 2 aliphatic heterocycles. The summed E-state index contributed by atoms with van der Waals surface area (Å²) in [5.41, 5.74) is 1.82. The van der Waals surface area contributed by atoms with Gasteiger partial charge in [-0.1, -0.05) is 48.5 Å². The van der Waals surface area contributed by atoms with E-state index >= 15 is 0 Å². The zero-order chi connectivity index (χ0) is 24.4. The van der Waals surface area contributed by atoms with Crippen molar-refractivity contribution in [2.45, 2.75) is 49.8 Å². The first kappa shape index (κ1) is 24.1. The van der Waals surface area contributed by atoms with Crippen LogP contribution in [0.4, 0.5) is 4.39 Å². The number of thioether (sulfide) groups is 1. The maximum absolute atomic E-state index is 14.1. The molecule has 3 fully saturated rings. The van der Waals surface area contributed by atoms with Crippen molar-refractivity contribution in [1.82, 2.24) is 9.80 Å². The highest BCUT2D eigenvalue weighted by atomic mass is 32.2. The molecule has 0 aromatic heterocycles. The summed E-state index contributed by atoms with van der Waals surface area (Å²) < 4.78 is 14.1. The monoisotopic (exact) mass is 492 g/mol. The van der Waals surface area contributed by atoms with Crippen molar-refractivity contribution >= 4 is 29.7 Å². The van der Waals surface area contributed by atoms with Gasteiger partial charge in [-0.2, -0.15) is 0 Å². The van der Waals surface area contributed by atoms with Gasteiger partial charge in [-0.25, -0.2) is 4.39 Å². The van der Waals surface area contributed by atoms with E-state index in [1.807, 2.05) is 7.05 Å². The first-order chi connectivity index (χ1) is 17.0. The Bertz CT molecular complexity index is 1100. The number of nitrogens with zero attached hydrogens (tertiary/aromatic N) is 2. The molecule has 2 aromatic carbocycles. The molecule has 2 aromatic rings. The van der Waals surface area contributed by atoms with Crippen molar-refractivity contribution in [1.29, 1.82) is 0 Å². The Morgan fingerprint density at radius 3 is 2.49 bits per heavy atom. The smallest absolute Gasteiger partial charge is 0.260 e. The van der Waals surface area contributed by atoms with Gasteiger partial charge < -0.3 is 9.80 Å². The van der Waals surface area contributed by atoms with Crippen LogP contribution in [0.3, 0.4) is 0 Å². The largest absolute Gasteiger partial charge is 0.342 e. The molecule has 6 heteroatoms. The average Bonchev–Trinajstić information content (AvgIpc) is 2.89. The second kappa shape index (κ2) is 10.6. The predicted octanol–water partition coefficient (Wildman–Crippen LogP) is 5.39. The highest BCUT2D eigenvalue weighted by molar-refractivity contribution is 8.04.